The molecular formula is C16H22N4O. The van der Waals surface area contributed by atoms with E-state index in [1.54, 1.807) is 7.05 Å². The summed E-state index contributed by atoms with van der Waals surface area (Å²) in [4.78, 5) is 11.2. The summed E-state index contributed by atoms with van der Waals surface area (Å²) in [7, 11) is 3.67. The molecule has 0 atom stereocenters. The lowest BCUT2D eigenvalue weighted by Gasteiger charge is -2.09. The predicted octanol–water partition coefficient (Wildman–Crippen LogP) is 3.01. The highest BCUT2D eigenvalue weighted by atomic mass is 16.2. The van der Waals surface area contributed by atoms with Gasteiger partial charge in [-0.15, -0.1) is 0 Å². The van der Waals surface area contributed by atoms with Gasteiger partial charge in [-0.25, -0.2) is 4.79 Å². The monoisotopic (exact) mass is 286 g/mol. The number of nitrogens with one attached hydrogen (secondary N) is 3. The van der Waals surface area contributed by atoms with Crippen LogP contribution >= 0.6 is 0 Å². The molecule has 0 unspecified atom stereocenters. The van der Waals surface area contributed by atoms with Crippen molar-refractivity contribution in [2.24, 2.45) is 7.05 Å². The highest BCUT2D eigenvalue weighted by molar-refractivity contribution is 5.89. The maximum absolute atomic E-state index is 11.2. The van der Waals surface area contributed by atoms with Gasteiger partial charge < -0.3 is 20.5 Å². The second-order valence-electron chi connectivity index (χ2n) is 5.09. The lowest BCUT2D eigenvalue weighted by Crippen LogP contribution is -2.24. The Morgan fingerprint density at radius 2 is 1.76 bits per heavy atom. The van der Waals surface area contributed by atoms with E-state index in [-0.39, 0.29) is 6.03 Å². The molecule has 0 spiro atoms. The Morgan fingerprint density at radius 1 is 1.14 bits per heavy atom. The van der Waals surface area contributed by atoms with Crippen LogP contribution < -0.4 is 16.0 Å². The Labute approximate surface area is 125 Å². The van der Waals surface area contributed by atoms with Gasteiger partial charge in [-0.1, -0.05) is 0 Å². The van der Waals surface area contributed by atoms with Crippen LogP contribution in [-0.4, -0.2) is 17.6 Å². The molecule has 0 aliphatic rings. The Kier molecular flexibility index (Phi) is 4.52. The van der Waals surface area contributed by atoms with Crippen LogP contribution in [0.15, 0.2) is 30.3 Å². The summed E-state index contributed by atoms with van der Waals surface area (Å²) in [6.07, 6.45) is 0. The lowest BCUT2D eigenvalue weighted by atomic mass is 10.2. The van der Waals surface area contributed by atoms with Gasteiger partial charge in [0.2, 0.25) is 0 Å². The van der Waals surface area contributed by atoms with Crippen LogP contribution in [0, 0.1) is 13.8 Å². The zero-order valence-electron chi connectivity index (χ0n) is 12.9. The van der Waals surface area contributed by atoms with E-state index in [1.807, 2.05) is 24.3 Å². The molecular weight excluding hydrogens is 264 g/mol. The van der Waals surface area contributed by atoms with Gasteiger partial charge in [0.1, 0.15) is 0 Å². The number of benzene rings is 1. The molecule has 2 rings (SSSR count). The number of anilines is 2. The zero-order chi connectivity index (χ0) is 15.4. The van der Waals surface area contributed by atoms with E-state index in [4.69, 9.17) is 0 Å². The van der Waals surface area contributed by atoms with Gasteiger partial charge in [0, 0.05) is 43.4 Å². The number of urea groups is 1. The molecule has 0 aliphatic carbocycles. The fourth-order valence-electron chi connectivity index (χ4n) is 2.17. The van der Waals surface area contributed by atoms with Crippen LogP contribution in [0.4, 0.5) is 16.2 Å². The Hall–Kier alpha value is -2.43. The minimum Gasteiger partial charge on any atom is -0.381 e. The molecule has 21 heavy (non-hydrogen) atoms. The Balaban J connectivity index is 1.97. The van der Waals surface area contributed by atoms with E-state index in [2.05, 4.69) is 47.5 Å². The van der Waals surface area contributed by atoms with Crippen molar-refractivity contribution >= 4 is 17.4 Å². The number of amides is 2. The first kappa shape index (κ1) is 15.0. The third-order valence-corrected chi connectivity index (χ3v) is 3.73. The summed E-state index contributed by atoms with van der Waals surface area (Å²) in [5.41, 5.74) is 5.62. The number of rotatable bonds is 4. The van der Waals surface area contributed by atoms with Gasteiger partial charge in [0.25, 0.3) is 0 Å². The highest BCUT2D eigenvalue weighted by Gasteiger charge is 2.05. The van der Waals surface area contributed by atoms with Crippen molar-refractivity contribution in [2.45, 2.75) is 20.4 Å². The topological polar surface area (TPSA) is 58.1 Å². The predicted molar refractivity (Wildman–Crippen MR) is 86.7 cm³/mol. The van der Waals surface area contributed by atoms with Crippen molar-refractivity contribution in [1.29, 1.82) is 0 Å². The number of aromatic nitrogens is 1. The molecule has 0 aliphatic heterocycles. The average Bonchev–Trinajstić information content (AvgIpc) is 2.73. The van der Waals surface area contributed by atoms with Crippen molar-refractivity contribution in [3.05, 3.63) is 47.3 Å². The van der Waals surface area contributed by atoms with Crippen LogP contribution in [-0.2, 0) is 13.6 Å². The molecule has 1 heterocycles. The smallest absolute Gasteiger partial charge is 0.318 e. The zero-order valence-corrected chi connectivity index (χ0v) is 12.9. The first-order chi connectivity index (χ1) is 10.0. The molecule has 0 radical (unpaired) electrons. The molecule has 1 aromatic heterocycles. The van der Waals surface area contributed by atoms with Crippen LogP contribution in [0.5, 0.6) is 0 Å². The minimum absolute atomic E-state index is 0.217. The lowest BCUT2D eigenvalue weighted by molar-refractivity contribution is 0.254. The second kappa shape index (κ2) is 6.35. The van der Waals surface area contributed by atoms with E-state index in [0.717, 1.165) is 17.9 Å². The summed E-state index contributed by atoms with van der Waals surface area (Å²) in [5, 5.41) is 8.65. The number of carbonyl (C=O) groups excluding carboxylic acids is 1. The van der Waals surface area contributed by atoms with Crippen LogP contribution in [0.3, 0.4) is 0 Å². The molecule has 1 aromatic carbocycles. The maximum atomic E-state index is 11.2. The molecule has 3 N–H and O–H groups in total. The van der Waals surface area contributed by atoms with Crippen LogP contribution in [0.1, 0.15) is 17.0 Å². The summed E-state index contributed by atoms with van der Waals surface area (Å²) in [5.74, 6) is 0. The number of carbonyl (C=O) groups is 1. The molecule has 2 amide bonds. The second-order valence-corrected chi connectivity index (χ2v) is 5.09. The fourth-order valence-corrected chi connectivity index (χ4v) is 2.17. The van der Waals surface area contributed by atoms with Crippen molar-refractivity contribution in [3.63, 3.8) is 0 Å². The first-order valence-corrected chi connectivity index (χ1v) is 6.95. The molecule has 5 nitrogen and oxygen atoms in total. The van der Waals surface area contributed by atoms with Gasteiger partial charge in [-0.05, 0) is 49.7 Å². The molecule has 5 heteroatoms. The van der Waals surface area contributed by atoms with Crippen molar-refractivity contribution in [3.8, 4) is 0 Å². The normalized spacial score (nSPS) is 10.3. The summed E-state index contributed by atoms with van der Waals surface area (Å²) in [6, 6.07) is 9.64. The number of nitrogens with zero attached hydrogens (tertiary/aromatic N) is 1. The van der Waals surface area contributed by atoms with Crippen LogP contribution in [0.2, 0.25) is 0 Å². The van der Waals surface area contributed by atoms with E-state index in [0.29, 0.717) is 0 Å². The largest absolute Gasteiger partial charge is 0.381 e. The summed E-state index contributed by atoms with van der Waals surface area (Å²) >= 11 is 0. The summed E-state index contributed by atoms with van der Waals surface area (Å²) < 4.78 is 2.19. The van der Waals surface area contributed by atoms with E-state index in [1.165, 1.54) is 17.0 Å². The molecule has 0 bridgehead atoms. The van der Waals surface area contributed by atoms with Gasteiger partial charge >= 0.3 is 6.03 Å². The highest BCUT2D eigenvalue weighted by Crippen LogP contribution is 2.17. The number of hydrogen-bond donors (Lipinski definition) is 3. The minimum atomic E-state index is -0.217. The molecule has 0 saturated carbocycles. The van der Waals surface area contributed by atoms with Crippen molar-refractivity contribution in [2.75, 3.05) is 17.7 Å². The molecule has 0 saturated heterocycles. The van der Waals surface area contributed by atoms with Crippen molar-refractivity contribution in [1.82, 2.24) is 9.88 Å². The number of hydrogen-bond acceptors (Lipinski definition) is 2. The summed E-state index contributed by atoms with van der Waals surface area (Å²) in [6.45, 7) is 5.02. The third-order valence-electron chi connectivity index (χ3n) is 3.73. The van der Waals surface area contributed by atoms with Gasteiger partial charge in [0.15, 0.2) is 0 Å². The van der Waals surface area contributed by atoms with Crippen molar-refractivity contribution < 1.29 is 4.79 Å². The SMILES string of the molecule is CNC(=O)Nc1ccc(NCc2cc(C)n(C)c2C)cc1. The van der Waals surface area contributed by atoms with Gasteiger partial charge in [-0.2, -0.15) is 0 Å². The molecule has 2 aromatic rings. The molecule has 112 valence electrons. The van der Waals surface area contributed by atoms with E-state index < -0.39 is 0 Å². The number of aryl methyl sites for hydroxylation is 1. The average molecular weight is 286 g/mol. The quantitative estimate of drug-likeness (QED) is 0.809. The van der Waals surface area contributed by atoms with Crippen LogP contribution in [0.25, 0.3) is 0 Å². The van der Waals surface area contributed by atoms with Gasteiger partial charge in [0.05, 0.1) is 0 Å². The standard InChI is InChI=1S/C16H22N4O/c1-11-9-13(12(2)20(11)4)10-18-14-5-7-15(8-6-14)19-16(21)17-3/h5-9,18H,10H2,1-4H3,(H2,17,19,21). The Morgan fingerprint density at radius 3 is 2.29 bits per heavy atom. The van der Waals surface area contributed by atoms with E-state index >= 15 is 0 Å². The third kappa shape index (κ3) is 3.56. The Bertz CT molecular complexity index is 628. The maximum Gasteiger partial charge on any atom is 0.318 e. The van der Waals surface area contributed by atoms with Gasteiger partial charge in [-0.3, -0.25) is 0 Å². The first-order valence-electron chi connectivity index (χ1n) is 6.95. The molecule has 0 fully saturated rings. The fraction of sp³-hybridized carbons (Fsp3) is 0.312. The van der Waals surface area contributed by atoms with E-state index in [9.17, 15) is 4.79 Å².